The molecule has 0 fully saturated rings. The summed E-state index contributed by atoms with van der Waals surface area (Å²) in [7, 11) is 0. The Hall–Kier alpha value is -1.21. The molecule has 0 radical (unpaired) electrons. The van der Waals surface area contributed by atoms with Gasteiger partial charge in [-0.3, -0.25) is 9.78 Å². The van der Waals surface area contributed by atoms with E-state index in [0.29, 0.717) is 12.1 Å². The van der Waals surface area contributed by atoms with Crippen molar-refractivity contribution >= 4 is 21.7 Å². The molecule has 0 aromatic carbocycles. The number of rotatable bonds is 3. The van der Waals surface area contributed by atoms with Crippen molar-refractivity contribution in [3.8, 4) is 6.07 Å². The Balaban J connectivity index is 2.82. The van der Waals surface area contributed by atoms with Crippen LogP contribution in [0.5, 0.6) is 0 Å². The van der Waals surface area contributed by atoms with Gasteiger partial charge in [0.25, 0.3) is 0 Å². The molecule has 4 heteroatoms. The second-order valence-electron chi connectivity index (χ2n) is 2.44. The lowest BCUT2D eigenvalue weighted by Gasteiger charge is -1.96. The molecule has 66 valence electrons. The van der Waals surface area contributed by atoms with Gasteiger partial charge >= 0.3 is 0 Å². The first-order valence-corrected chi connectivity index (χ1v) is 4.81. The van der Waals surface area contributed by atoms with Crippen LogP contribution in [0, 0.1) is 11.3 Å². The van der Waals surface area contributed by atoms with Crippen LogP contribution in [0.1, 0.15) is 16.1 Å². The predicted molar refractivity (Wildman–Crippen MR) is 51.7 cm³/mol. The summed E-state index contributed by atoms with van der Waals surface area (Å²) in [5.74, 6) is -0.0523. The highest BCUT2D eigenvalue weighted by Gasteiger charge is 2.04. The Bertz CT molecular complexity index is 340. The van der Waals surface area contributed by atoms with E-state index in [0.717, 1.165) is 5.56 Å². The van der Waals surface area contributed by atoms with Crippen molar-refractivity contribution in [1.82, 2.24) is 4.98 Å². The molecular formula is C9H7BrN2O. The minimum absolute atomic E-state index is 0.0523. The summed E-state index contributed by atoms with van der Waals surface area (Å²) in [6.45, 7) is 0. The van der Waals surface area contributed by atoms with Gasteiger partial charge in [0.1, 0.15) is 5.69 Å². The van der Waals surface area contributed by atoms with Crippen molar-refractivity contribution in [3.63, 3.8) is 0 Å². The fraction of sp³-hybridized carbons (Fsp3) is 0.222. The Morgan fingerprint density at radius 3 is 2.85 bits per heavy atom. The number of nitriles is 1. The number of halogens is 1. The molecule has 0 saturated carbocycles. The molecule has 1 heterocycles. The van der Waals surface area contributed by atoms with E-state index in [1.165, 1.54) is 0 Å². The van der Waals surface area contributed by atoms with Crippen molar-refractivity contribution < 1.29 is 4.79 Å². The molecule has 1 aromatic heterocycles. The topological polar surface area (TPSA) is 53.8 Å². The maximum atomic E-state index is 11.1. The second-order valence-corrected chi connectivity index (χ2v) is 3.00. The highest BCUT2D eigenvalue weighted by molar-refractivity contribution is 9.09. The van der Waals surface area contributed by atoms with E-state index in [1.54, 1.807) is 18.3 Å². The maximum absolute atomic E-state index is 11.1. The zero-order valence-corrected chi connectivity index (χ0v) is 8.41. The molecule has 0 aliphatic heterocycles. The van der Waals surface area contributed by atoms with E-state index < -0.39 is 0 Å². The molecule has 1 aromatic rings. The fourth-order valence-electron chi connectivity index (χ4n) is 0.854. The Morgan fingerprint density at radius 2 is 2.38 bits per heavy atom. The normalized spacial score (nSPS) is 9.23. The molecule has 0 saturated heterocycles. The average molecular weight is 239 g/mol. The largest absolute Gasteiger partial charge is 0.291 e. The summed E-state index contributed by atoms with van der Waals surface area (Å²) in [6, 6.07) is 5.39. The number of hydrogen-bond donors (Lipinski definition) is 0. The van der Waals surface area contributed by atoms with Crippen molar-refractivity contribution in [2.24, 2.45) is 0 Å². The third-order valence-electron chi connectivity index (χ3n) is 1.51. The second kappa shape index (κ2) is 4.73. The van der Waals surface area contributed by atoms with Gasteiger partial charge in [0.05, 0.1) is 17.8 Å². The van der Waals surface area contributed by atoms with Crippen molar-refractivity contribution in [2.75, 3.05) is 5.33 Å². The lowest BCUT2D eigenvalue weighted by molar-refractivity contribution is 0.101. The molecule has 3 nitrogen and oxygen atoms in total. The Labute approximate surface area is 84.5 Å². The van der Waals surface area contributed by atoms with E-state index in [1.807, 2.05) is 6.07 Å². The number of ketones is 1. The van der Waals surface area contributed by atoms with Crippen LogP contribution in [-0.2, 0) is 6.42 Å². The van der Waals surface area contributed by atoms with Crippen LogP contribution in [-0.4, -0.2) is 16.1 Å². The standard InChI is InChI=1S/C9H7BrN2O/c10-5-9(13)8-2-1-7(3-4-11)6-12-8/h1-2,6H,3,5H2. The van der Waals surface area contributed by atoms with Crippen LogP contribution in [0.2, 0.25) is 0 Å². The highest BCUT2D eigenvalue weighted by atomic mass is 79.9. The third kappa shape index (κ3) is 2.63. The molecule has 0 atom stereocenters. The molecule has 1 rings (SSSR count). The van der Waals surface area contributed by atoms with Crippen LogP contribution in [0.15, 0.2) is 18.3 Å². The van der Waals surface area contributed by atoms with Gasteiger partial charge in [-0.2, -0.15) is 5.26 Å². The molecule has 0 N–H and O–H groups in total. The lowest BCUT2D eigenvalue weighted by Crippen LogP contribution is -2.02. The summed E-state index contributed by atoms with van der Waals surface area (Å²) in [6.07, 6.45) is 1.88. The van der Waals surface area contributed by atoms with E-state index >= 15 is 0 Å². The van der Waals surface area contributed by atoms with Crippen LogP contribution < -0.4 is 0 Å². The SMILES string of the molecule is N#CCc1ccc(C(=O)CBr)nc1. The number of alkyl halides is 1. The zero-order valence-electron chi connectivity index (χ0n) is 6.83. The summed E-state index contributed by atoms with van der Waals surface area (Å²) in [5, 5.41) is 8.67. The average Bonchev–Trinajstić information content (AvgIpc) is 2.18. The maximum Gasteiger partial charge on any atom is 0.191 e. The van der Waals surface area contributed by atoms with E-state index in [9.17, 15) is 4.79 Å². The van der Waals surface area contributed by atoms with Gasteiger partial charge in [0.15, 0.2) is 5.78 Å². The van der Waals surface area contributed by atoms with E-state index in [-0.39, 0.29) is 11.1 Å². The lowest BCUT2D eigenvalue weighted by atomic mass is 10.2. The smallest absolute Gasteiger partial charge is 0.191 e. The van der Waals surface area contributed by atoms with Gasteiger partial charge in [-0.25, -0.2) is 0 Å². The van der Waals surface area contributed by atoms with Gasteiger partial charge in [-0.05, 0) is 11.6 Å². The zero-order chi connectivity index (χ0) is 9.68. The molecular weight excluding hydrogens is 232 g/mol. The van der Waals surface area contributed by atoms with Crippen molar-refractivity contribution in [1.29, 1.82) is 5.26 Å². The molecule has 0 aliphatic carbocycles. The molecule has 0 unspecified atom stereocenters. The van der Waals surface area contributed by atoms with E-state index in [2.05, 4.69) is 20.9 Å². The Morgan fingerprint density at radius 1 is 1.62 bits per heavy atom. The minimum atomic E-state index is -0.0523. The summed E-state index contributed by atoms with van der Waals surface area (Å²) in [5.41, 5.74) is 1.26. The fourth-order valence-corrected chi connectivity index (χ4v) is 1.14. The molecule has 0 spiro atoms. The number of pyridine rings is 1. The highest BCUT2D eigenvalue weighted by Crippen LogP contribution is 2.02. The first-order valence-electron chi connectivity index (χ1n) is 3.69. The van der Waals surface area contributed by atoms with Crippen LogP contribution in [0.4, 0.5) is 0 Å². The Kier molecular flexibility index (Phi) is 3.59. The number of nitrogens with zero attached hydrogens (tertiary/aromatic N) is 2. The summed E-state index contributed by atoms with van der Waals surface area (Å²) in [4.78, 5) is 15.0. The number of carbonyl (C=O) groups is 1. The number of carbonyl (C=O) groups excluding carboxylic acids is 1. The van der Waals surface area contributed by atoms with Crippen LogP contribution in [0.25, 0.3) is 0 Å². The first-order chi connectivity index (χ1) is 6.27. The first kappa shape index (κ1) is 9.87. The third-order valence-corrected chi connectivity index (χ3v) is 2.02. The molecule has 0 amide bonds. The quantitative estimate of drug-likeness (QED) is 0.596. The summed E-state index contributed by atoms with van der Waals surface area (Å²) >= 11 is 3.06. The number of Topliss-reactive ketones (excluding diaryl/α,β-unsaturated/α-hetero) is 1. The molecule has 0 bridgehead atoms. The van der Waals surface area contributed by atoms with Gasteiger partial charge in [0.2, 0.25) is 0 Å². The van der Waals surface area contributed by atoms with Crippen molar-refractivity contribution in [2.45, 2.75) is 6.42 Å². The number of aromatic nitrogens is 1. The predicted octanol–water partition coefficient (Wildman–Crippen LogP) is 1.73. The van der Waals surface area contributed by atoms with Gasteiger partial charge in [-0.15, -0.1) is 0 Å². The summed E-state index contributed by atoms with van der Waals surface area (Å²) < 4.78 is 0. The van der Waals surface area contributed by atoms with Crippen LogP contribution >= 0.6 is 15.9 Å². The van der Waals surface area contributed by atoms with E-state index in [4.69, 9.17) is 5.26 Å². The van der Waals surface area contributed by atoms with Gasteiger partial charge in [-0.1, -0.05) is 22.0 Å². The number of hydrogen-bond acceptors (Lipinski definition) is 3. The van der Waals surface area contributed by atoms with Gasteiger partial charge < -0.3 is 0 Å². The molecule has 13 heavy (non-hydrogen) atoms. The monoisotopic (exact) mass is 238 g/mol. The van der Waals surface area contributed by atoms with Crippen molar-refractivity contribution in [3.05, 3.63) is 29.6 Å². The van der Waals surface area contributed by atoms with Gasteiger partial charge in [0, 0.05) is 6.20 Å². The minimum Gasteiger partial charge on any atom is -0.291 e. The van der Waals surface area contributed by atoms with Crippen LogP contribution in [0.3, 0.4) is 0 Å². The molecule has 0 aliphatic rings.